The smallest absolute Gasteiger partial charge is 0.306 e. The van der Waals surface area contributed by atoms with Crippen LogP contribution in [0.5, 0.6) is 0 Å². The average Bonchev–Trinajstić information content (AvgIpc) is 3.33. The van der Waals surface area contributed by atoms with Crippen molar-refractivity contribution in [1.29, 1.82) is 0 Å². The molecule has 1 atom stereocenters. The molecule has 6 nitrogen and oxygen atoms in total. The fourth-order valence-electron chi connectivity index (χ4n) is 6.61. The second-order valence-corrected chi connectivity index (χ2v) is 17.0. The van der Waals surface area contributed by atoms with E-state index < -0.39 is 6.10 Å². The fraction of sp³-hybridized carbons (Fsp3) is 0.557. The van der Waals surface area contributed by atoms with E-state index in [9.17, 15) is 14.4 Å². The van der Waals surface area contributed by atoms with Crippen LogP contribution in [0.2, 0.25) is 0 Å². The van der Waals surface area contributed by atoms with Crippen molar-refractivity contribution in [2.24, 2.45) is 0 Å². The summed E-state index contributed by atoms with van der Waals surface area (Å²) < 4.78 is 16.7. The Labute approximate surface area is 410 Å². The third-order valence-electron chi connectivity index (χ3n) is 10.6. The van der Waals surface area contributed by atoms with E-state index in [0.29, 0.717) is 19.3 Å². The zero-order chi connectivity index (χ0) is 48.6. The molecule has 0 aliphatic carbocycles. The summed E-state index contributed by atoms with van der Waals surface area (Å²) in [6.07, 6.45) is 76.7. The van der Waals surface area contributed by atoms with E-state index in [2.05, 4.69) is 69.4 Å². The highest BCUT2D eigenvalue weighted by Crippen LogP contribution is 2.13. The normalized spacial score (nSPS) is 13.3. The van der Waals surface area contributed by atoms with Gasteiger partial charge in [0.25, 0.3) is 0 Å². The molecule has 0 heterocycles. The summed E-state index contributed by atoms with van der Waals surface area (Å²) in [4.78, 5) is 38.0. The minimum atomic E-state index is -0.825. The van der Waals surface area contributed by atoms with Crippen LogP contribution in [-0.2, 0) is 28.6 Å². The summed E-state index contributed by atoms with van der Waals surface area (Å²) in [6.45, 7) is 6.31. The largest absolute Gasteiger partial charge is 0.462 e. The van der Waals surface area contributed by atoms with Gasteiger partial charge in [0.1, 0.15) is 13.2 Å². The molecule has 0 N–H and O–H groups in total. The Balaban J connectivity index is 4.60. The minimum absolute atomic E-state index is 0.119. The Hall–Kier alpha value is -4.71. The van der Waals surface area contributed by atoms with E-state index in [1.54, 1.807) is 0 Å². The highest BCUT2D eigenvalue weighted by molar-refractivity contribution is 5.71. The van der Waals surface area contributed by atoms with Gasteiger partial charge in [0.2, 0.25) is 0 Å². The van der Waals surface area contributed by atoms with E-state index in [4.69, 9.17) is 14.2 Å². The lowest BCUT2D eigenvalue weighted by atomic mass is 10.1. The van der Waals surface area contributed by atoms with Crippen LogP contribution < -0.4 is 0 Å². The number of allylic oxidation sites excluding steroid dienone is 24. The zero-order valence-electron chi connectivity index (χ0n) is 42.6. The summed E-state index contributed by atoms with van der Waals surface area (Å²) >= 11 is 0. The van der Waals surface area contributed by atoms with Crippen LogP contribution in [0.4, 0.5) is 0 Å². The standard InChI is InChI=1S/C61H94O6/c1-4-7-10-13-16-19-22-25-28-30-32-33-36-39-42-45-48-51-54-60(63)66-57-58(56-65-59(62)53-50-47-44-41-38-35-27-24-21-18-15-12-9-6-3)67-61(64)55-52-49-46-43-40-37-34-31-29-26-23-20-17-14-11-8-5-2/h8,10-11,13-14,16-17,19-20,22-23,25-26,28-35,37-38,40,58H,4-7,9,12,15,18,21,24,27,36,39,41-57H2,1-3H3/b11-8-,13-10-,17-14-,19-16-,23-20-,25-22-,29-26-,30-28-,33-32-,34-31+,38-35-,40-37-. The van der Waals surface area contributed by atoms with Gasteiger partial charge in [-0.2, -0.15) is 0 Å². The number of carbonyl (C=O) groups excluding carboxylic acids is 3. The lowest BCUT2D eigenvalue weighted by molar-refractivity contribution is -0.167. The van der Waals surface area contributed by atoms with Crippen molar-refractivity contribution in [3.8, 4) is 0 Å². The van der Waals surface area contributed by atoms with Gasteiger partial charge in [0.15, 0.2) is 6.10 Å². The summed E-state index contributed by atoms with van der Waals surface area (Å²) in [5.41, 5.74) is 0. The predicted molar refractivity (Wildman–Crippen MR) is 288 cm³/mol. The van der Waals surface area contributed by atoms with Crippen LogP contribution in [-0.4, -0.2) is 37.2 Å². The molecule has 0 fully saturated rings. The molecule has 0 saturated carbocycles. The van der Waals surface area contributed by atoms with Crippen molar-refractivity contribution < 1.29 is 28.6 Å². The van der Waals surface area contributed by atoms with Crippen molar-refractivity contribution >= 4 is 17.9 Å². The number of hydrogen-bond acceptors (Lipinski definition) is 6. The molecule has 6 heteroatoms. The molecule has 0 bridgehead atoms. The maximum Gasteiger partial charge on any atom is 0.306 e. The van der Waals surface area contributed by atoms with Crippen LogP contribution in [0.3, 0.4) is 0 Å². The first-order valence-corrected chi connectivity index (χ1v) is 26.5. The number of rotatable bonds is 45. The minimum Gasteiger partial charge on any atom is -0.462 e. The summed E-state index contributed by atoms with van der Waals surface area (Å²) in [5, 5.41) is 0. The maximum absolute atomic E-state index is 12.8. The molecule has 0 spiro atoms. The zero-order valence-corrected chi connectivity index (χ0v) is 42.6. The van der Waals surface area contributed by atoms with Gasteiger partial charge < -0.3 is 14.2 Å². The number of hydrogen-bond donors (Lipinski definition) is 0. The van der Waals surface area contributed by atoms with Crippen LogP contribution in [0.15, 0.2) is 146 Å². The van der Waals surface area contributed by atoms with E-state index >= 15 is 0 Å². The summed E-state index contributed by atoms with van der Waals surface area (Å²) in [5.74, 6) is -1.01. The first-order chi connectivity index (χ1) is 33.0. The van der Waals surface area contributed by atoms with Gasteiger partial charge in [-0.3, -0.25) is 14.4 Å². The lowest BCUT2D eigenvalue weighted by Crippen LogP contribution is -2.30. The first kappa shape index (κ1) is 62.3. The van der Waals surface area contributed by atoms with Gasteiger partial charge >= 0.3 is 17.9 Å². The molecule has 374 valence electrons. The molecule has 67 heavy (non-hydrogen) atoms. The second-order valence-electron chi connectivity index (χ2n) is 17.0. The fourth-order valence-corrected chi connectivity index (χ4v) is 6.61. The average molecular weight is 923 g/mol. The number of esters is 3. The highest BCUT2D eigenvalue weighted by atomic mass is 16.6. The second kappa shape index (κ2) is 53.9. The predicted octanol–water partition coefficient (Wildman–Crippen LogP) is 17.6. The van der Waals surface area contributed by atoms with Gasteiger partial charge in [-0.15, -0.1) is 0 Å². The third-order valence-corrected chi connectivity index (χ3v) is 10.6. The molecule has 0 aliphatic rings. The quantitative estimate of drug-likeness (QED) is 0.0199. The van der Waals surface area contributed by atoms with Crippen molar-refractivity contribution in [3.05, 3.63) is 146 Å². The van der Waals surface area contributed by atoms with Crippen LogP contribution >= 0.6 is 0 Å². The molecule has 0 aliphatic heterocycles. The van der Waals surface area contributed by atoms with Crippen molar-refractivity contribution in [2.75, 3.05) is 13.2 Å². The SMILES string of the molecule is CC\C=C/C=C\C=C/C=C\C=C\C=C/CCCCCC(=O)OC(COC(=O)CCCCC/C=C\CCCCCCCCC)COC(=O)CCCCCCC\C=C/C=C\C=C/C=C\C=C/CCC. The molecule has 1 unspecified atom stereocenters. The monoisotopic (exact) mass is 923 g/mol. The molecule has 0 aromatic rings. The van der Waals surface area contributed by atoms with Crippen LogP contribution in [0, 0.1) is 0 Å². The van der Waals surface area contributed by atoms with Gasteiger partial charge in [0.05, 0.1) is 0 Å². The number of unbranched alkanes of at least 4 members (excludes halogenated alkanes) is 19. The number of ether oxygens (including phenoxy) is 3. The van der Waals surface area contributed by atoms with E-state index in [0.717, 1.165) is 103 Å². The van der Waals surface area contributed by atoms with Gasteiger partial charge in [-0.25, -0.2) is 0 Å². The Morgan fingerprint density at radius 1 is 0.313 bits per heavy atom. The Morgan fingerprint density at radius 2 is 0.627 bits per heavy atom. The number of carbonyl (C=O) groups is 3. The molecule has 0 aromatic heterocycles. The topological polar surface area (TPSA) is 78.9 Å². The Bertz CT molecular complexity index is 1530. The Kier molecular flexibility index (Phi) is 50.1. The van der Waals surface area contributed by atoms with E-state index in [1.807, 2.05) is 97.2 Å². The van der Waals surface area contributed by atoms with Gasteiger partial charge in [0, 0.05) is 19.3 Å². The molecular weight excluding hydrogens is 829 g/mol. The van der Waals surface area contributed by atoms with Crippen molar-refractivity contribution in [3.63, 3.8) is 0 Å². The van der Waals surface area contributed by atoms with Crippen molar-refractivity contribution in [1.82, 2.24) is 0 Å². The molecule has 0 amide bonds. The summed E-state index contributed by atoms with van der Waals surface area (Å²) in [7, 11) is 0. The lowest BCUT2D eigenvalue weighted by Gasteiger charge is -2.18. The Morgan fingerprint density at radius 3 is 1.03 bits per heavy atom. The summed E-state index contributed by atoms with van der Waals surface area (Å²) in [6, 6.07) is 0. The maximum atomic E-state index is 12.8. The van der Waals surface area contributed by atoms with Crippen molar-refractivity contribution in [2.45, 2.75) is 207 Å². The third kappa shape index (κ3) is 52.1. The van der Waals surface area contributed by atoms with Gasteiger partial charge in [-0.1, -0.05) is 244 Å². The van der Waals surface area contributed by atoms with Crippen LogP contribution in [0.25, 0.3) is 0 Å². The van der Waals surface area contributed by atoms with Gasteiger partial charge in [-0.05, 0) is 83.5 Å². The molecule has 0 aromatic carbocycles. The molecule has 0 rings (SSSR count). The molecule has 0 radical (unpaired) electrons. The highest BCUT2D eigenvalue weighted by Gasteiger charge is 2.19. The van der Waals surface area contributed by atoms with Crippen LogP contribution in [0.1, 0.15) is 201 Å². The van der Waals surface area contributed by atoms with E-state index in [1.165, 1.54) is 51.4 Å². The molecular formula is C61H94O6. The van der Waals surface area contributed by atoms with E-state index in [-0.39, 0.29) is 37.5 Å². The molecule has 0 saturated heterocycles. The first-order valence-electron chi connectivity index (χ1n) is 26.5.